The molecule has 2 N–H and O–H groups in total. The first kappa shape index (κ1) is 16.8. The maximum atomic E-state index is 13.0. The van der Waals surface area contributed by atoms with Crippen LogP contribution in [0.4, 0.5) is 0 Å². The Labute approximate surface area is 161 Å². The summed E-state index contributed by atoms with van der Waals surface area (Å²) in [6, 6.07) is 13.2. The van der Waals surface area contributed by atoms with Gasteiger partial charge in [0, 0.05) is 24.6 Å². The molecule has 2 aromatic heterocycles. The number of carbonyl (C=O) groups is 2. The second-order valence-electron chi connectivity index (χ2n) is 7.35. The number of amides is 2. The van der Waals surface area contributed by atoms with Crippen molar-refractivity contribution in [1.82, 2.24) is 14.5 Å². The van der Waals surface area contributed by atoms with Crippen LogP contribution in [-0.2, 0) is 13.0 Å². The van der Waals surface area contributed by atoms with Gasteiger partial charge in [-0.25, -0.2) is 4.98 Å². The Morgan fingerprint density at radius 3 is 2.57 bits per heavy atom. The number of carbonyl (C=O) groups excluding carboxylic acids is 2. The summed E-state index contributed by atoms with van der Waals surface area (Å²) in [4.78, 5) is 31.6. The molecule has 0 unspecified atom stereocenters. The van der Waals surface area contributed by atoms with Gasteiger partial charge in [0.05, 0.1) is 18.0 Å². The molecule has 0 saturated carbocycles. The van der Waals surface area contributed by atoms with E-state index in [-0.39, 0.29) is 18.0 Å². The number of hydrogen-bond donors (Lipinski definition) is 1. The van der Waals surface area contributed by atoms with E-state index in [0.29, 0.717) is 24.4 Å². The monoisotopic (exact) mass is 376 g/mol. The fourth-order valence-electron chi connectivity index (χ4n) is 4.53. The number of primary amides is 1. The van der Waals surface area contributed by atoms with Crippen molar-refractivity contribution in [2.75, 3.05) is 0 Å². The van der Waals surface area contributed by atoms with Crippen LogP contribution >= 0.6 is 0 Å². The van der Waals surface area contributed by atoms with Crippen molar-refractivity contribution in [3.8, 4) is 11.4 Å². The Hall–Kier alpha value is -3.35. The number of aromatic nitrogens is 2. The van der Waals surface area contributed by atoms with Crippen LogP contribution in [0.25, 0.3) is 11.4 Å². The quantitative estimate of drug-likeness (QED) is 0.760. The molecule has 2 aliphatic rings. The predicted octanol–water partition coefficient (Wildman–Crippen LogP) is 2.47. The number of benzene rings is 1. The lowest BCUT2D eigenvalue weighted by atomic mass is 10.1. The molecule has 0 aliphatic carbocycles. The summed E-state index contributed by atoms with van der Waals surface area (Å²) in [6.07, 6.45) is 3.87. The third kappa shape index (κ3) is 2.54. The zero-order chi connectivity index (χ0) is 19.3. The van der Waals surface area contributed by atoms with E-state index in [0.717, 1.165) is 29.9 Å². The molecule has 2 amide bonds. The summed E-state index contributed by atoms with van der Waals surface area (Å²) < 4.78 is 7.41. The van der Waals surface area contributed by atoms with Gasteiger partial charge in [-0.15, -0.1) is 0 Å². The van der Waals surface area contributed by atoms with E-state index in [1.165, 1.54) is 6.26 Å². The molecule has 4 heterocycles. The van der Waals surface area contributed by atoms with E-state index >= 15 is 0 Å². The third-order valence-electron chi connectivity index (χ3n) is 5.75. The molecular weight excluding hydrogens is 356 g/mol. The predicted molar refractivity (Wildman–Crippen MR) is 102 cm³/mol. The third-order valence-corrected chi connectivity index (χ3v) is 5.75. The SMILES string of the molecule is NC(=O)c1nc(-c2ccccc2)n2c1C[C@@H]1CC[C@H](C2)N1C(=O)c1ccco1. The zero-order valence-corrected chi connectivity index (χ0v) is 15.2. The van der Waals surface area contributed by atoms with Crippen molar-refractivity contribution >= 4 is 11.8 Å². The molecule has 2 aliphatic heterocycles. The fraction of sp³-hybridized carbons (Fsp3) is 0.286. The minimum Gasteiger partial charge on any atom is -0.459 e. The van der Waals surface area contributed by atoms with Crippen molar-refractivity contribution in [3.05, 3.63) is 65.9 Å². The van der Waals surface area contributed by atoms with Crippen LogP contribution in [0.3, 0.4) is 0 Å². The topological polar surface area (TPSA) is 94.4 Å². The largest absolute Gasteiger partial charge is 0.459 e. The number of furan rings is 1. The lowest BCUT2D eigenvalue weighted by Gasteiger charge is -2.27. The maximum Gasteiger partial charge on any atom is 0.290 e. The van der Waals surface area contributed by atoms with Crippen LogP contribution < -0.4 is 5.73 Å². The van der Waals surface area contributed by atoms with E-state index in [1.807, 2.05) is 35.2 Å². The molecule has 7 nitrogen and oxygen atoms in total. The molecule has 1 aromatic carbocycles. The highest BCUT2D eigenvalue weighted by Crippen LogP contribution is 2.36. The summed E-state index contributed by atoms with van der Waals surface area (Å²) in [7, 11) is 0. The molecule has 28 heavy (non-hydrogen) atoms. The van der Waals surface area contributed by atoms with E-state index in [9.17, 15) is 9.59 Å². The Morgan fingerprint density at radius 2 is 1.86 bits per heavy atom. The van der Waals surface area contributed by atoms with Crippen LogP contribution in [-0.4, -0.2) is 38.3 Å². The fourth-order valence-corrected chi connectivity index (χ4v) is 4.53. The Balaban J connectivity index is 1.59. The first-order chi connectivity index (χ1) is 13.6. The molecule has 142 valence electrons. The first-order valence-corrected chi connectivity index (χ1v) is 9.44. The zero-order valence-electron chi connectivity index (χ0n) is 15.2. The van der Waals surface area contributed by atoms with Crippen LogP contribution in [0.2, 0.25) is 0 Å². The van der Waals surface area contributed by atoms with Gasteiger partial charge in [0.1, 0.15) is 11.5 Å². The summed E-state index contributed by atoms with van der Waals surface area (Å²) in [5.74, 6) is 0.438. The van der Waals surface area contributed by atoms with Gasteiger partial charge < -0.3 is 19.6 Å². The number of rotatable bonds is 3. The van der Waals surface area contributed by atoms with Crippen molar-refractivity contribution < 1.29 is 14.0 Å². The molecule has 0 radical (unpaired) electrons. The van der Waals surface area contributed by atoms with Gasteiger partial charge >= 0.3 is 0 Å². The molecule has 2 bridgehead atoms. The second kappa shape index (κ2) is 6.37. The average molecular weight is 376 g/mol. The molecule has 0 spiro atoms. The lowest BCUT2D eigenvalue weighted by Crippen LogP contribution is -2.42. The normalized spacial score (nSPS) is 20.6. The Kier molecular flexibility index (Phi) is 3.82. The molecule has 3 aromatic rings. The van der Waals surface area contributed by atoms with Crippen LogP contribution in [0.5, 0.6) is 0 Å². The maximum absolute atomic E-state index is 13.0. The van der Waals surface area contributed by atoms with Gasteiger partial charge in [-0.05, 0) is 25.0 Å². The lowest BCUT2D eigenvalue weighted by molar-refractivity contribution is 0.0633. The van der Waals surface area contributed by atoms with Gasteiger partial charge in [-0.3, -0.25) is 9.59 Å². The Morgan fingerprint density at radius 1 is 1.07 bits per heavy atom. The summed E-state index contributed by atoms with van der Waals surface area (Å²) in [6.45, 7) is 0.586. The number of hydrogen-bond acceptors (Lipinski definition) is 4. The number of fused-ring (bicyclic) bond motifs is 3. The van der Waals surface area contributed by atoms with E-state index in [1.54, 1.807) is 12.1 Å². The van der Waals surface area contributed by atoms with Gasteiger partial charge in [0.2, 0.25) is 0 Å². The number of nitrogens with two attached hydrogens (primary N) is 1. The van der Waals surface area contributed by atoms with Crippen molar-refractivity contribution in [3.63, 3.8) is 0 Å². The highest BCUT2D eigenvalue weighted by molar-refractivity contribution is 5.94. The minimum absolute atomic E-state index is 0.00210. The Bertz CT molecular complexity index is 1040. The molecule has 7 heteroatoms. The van der Waals surface area contributed by atoms with E-state index in [4.69, 9.17) is 10.2 Å². The van der Waals surface area contributed by atoms with Crippen LogP contribution in [0.1, 0.15) is 39.6 Å². The minimum atomic E-state index is -0.535. The van der Waals surface area contributed by atoms with Gasteiger partial charge in [0.15, 0.2) is 5.76 Å². The molecule has 1 saturated heterocycles. The molecular formula is C21H20N4O3. The number of nitrogens with zero attached hydrogens (tertiary/aromatic N) is 3. The number of imidazole rings is 1. The van der Waals surface area contributed by atoms with Crippen molar-refractivity contribution in [1.29, 1.82) is 0 Å². The summed E-state index contributed by atoms with van der Waals surface area (Å²) in [5.41, 5.74) is 7.69. The molecule has 1 fully saturated rings. The highest BCUT2D eigenvalue weighted by atomic mass is 16.3. The highest BCUT2D eigenvalue weighted by Gasteiger charge is 2.43. The smallest absolute Gasteiger partial charge is 0.290 e. The van der Waals surface area contributed by atoms with Gasteiger partial charge in [-0.1, -0.05) is 30.3 Å². The first-order valence-electron chi connectivity index (χ1n) is 9.44. The average Bonchev–Trinajstić information content (AvgIpc) is 3.40. The van der Waals surface area contributed by atoms with E-state index in [2.05, 4.69) is 9.55 Å². The van der Waals surface area contributed by atoms with Gasteiger partial charge in [0.25, 0.3) is 11.8 Å². The summed E-state index contributed by atoms with van der Waals surface area (Å²) >= 11 is 0. The van der Waals surface area contributed by atoms with Crippen molar-refractivity contribution in [2.24, 2.45) is 5.73 Å². The van der Waals surface area contributed by atoms with Crippen LogP contribution in [0.15, 0.2) is 53.1 Å². The van der Waals surface area contributed by atoms with E-state index < -0.39 is 5.91 Å². The molecule has 2 atom stereocenters. The van der Waals surface area contributed by atoms with Crippen molar-refractivity contribution in [2.45, 2.75) is 37.9 Å². The standard InChI is InChI=1S/C21H20N4O3/c22-19(26)18-16-11-14-8-9-15(25(14)21(27)17-7-4-10-28-17)12-24(16)20(23-18)13-5-2-1-3-6-13/h1-7,10,14-15H,8-9,11-12H2,(H2,22,26)/t14-,15+/m0/s1. The second-order valence-corrected chi connectivity index (χ2v) is 7.35. The summed E-state index contributed by atoms with van der Waals surface area (Å²) in [5, 5.41) is 0. The van der Waals surface area contributed by atoms with Gasteiger partial charge in [-0.2, -0.15) is 0 Å². The molecule has 5 rings (SSSR count). The van der Waals surface area contributed by atoms with Crippen LogP contribution in [0, 0.1) is 0 Å².